The van der Waals surface area contributed by atoms with Gasteiger partial charge < -0.3 is 9.84 Å². The van der Waals surface area contributed by atoms with Crippen LogP contribution in [-0.4, -0.2) is 28.9 Å². The van der Waals surface area contributed by atoms with Gasteiger partial charge in [0, 0.05) is 17.5 Å². The Morgan fingerprint density at radius 2 is 1.85 bits per heavy atom. The van der Waals surface area contributed by atoms with Gasteiger partial charge in [0.25, 0.3) is 0 Å². The normalized spacial score (nSPS) is 46.5. The number of ether oxygens (including phenoxy) is 1. The predicted octanol–water partition coefficient (Wildman–Crippen LogP) is 3.26. The van der Waals surface area contributed by atoms with Gasteiger partial charge in [-0.3, -0.25) is 9.69 Å². The molecule has 3 aliphatic carbocycles. The minimum Gasteiger partial charge on any atom is -0.390 e. The van der Waals surface area contributed by atoms with E-state index in [1.807, 2.05) is 4.90 Å². The quantitative estimate of drug-likeness (QED) is 0.888. The van der Waals surface area contributed by atoms with E-state index in [2.05, 4.69) is 31.2 Å². The summed E-state index contributed by atoms with van der Waals surface area (Å²) in [6, 6.07) is 8.34. The van der Waals surface area contributed by atoms with Gasteiger partial charge in [0.15, 0.2) is 5.72 Å². The first-order valence-corrected chi connectivity index (χ1v) is 10.4. The van der Waals surface area contributed by atoms with Crippen molar-refractivity contribution in [3.63, 3.8) is 0 Å². The van der Waals surface area contributed by atoms with Crippen molar-refractivity contribution < 1.29 is 14.6 Å². The number of amides is 1. The number of aliphatic hydroxyl groups excluding tert-OH is 1. The van der Waals surface area contributed by atoms with Crippen molar-refractivity contribution in [2.24, 2.45) is 29.6 Å². The SMILES string of the molecule is Cc1ccc(N2C(=O)C3C4CC5C(OC2(C2CCCCC2)C53)C4O)cc1. The number of nitrogens with zero attached hydrogens (tertiary/aromatic N) is 1. The van der Waals surface area contributed by atoms with E-state index < -0.39 is 11.8 Å². The van der Waals surface area contributed by atoms with Crippen molar-refractivity contribution in [1.29, 1.82) is 0 Å². The summed E-state index contributed by atoms with van der Waals surface area (Å²) < 4.78 is 6.79. The lowest BCUT2D eigenvalue weighted by Gasteiger charge is -2.45. The second-order valence-corrected chi connectivity index (χ2v) is 9.28. The molecule has 7 unspecified atom stereocenters. The molecule has 138 valence electrons. The maximum absolute atomic E-state index is 13.6. The molecule has 7 atom stereocenters. The summed E-state index contributed by atoms with van der Waals surface area (Å²) in [4.78, 5) is 15.7. The number of anilines is 1. The molecule has 1 aromatic rings. The average molecular weight is 353 g/mol. The highest BCUT2D eigenvalue weighted by molar-refractivity contribution is 6.00. The van der Waals surface area contributed by atoms with E-state index >= 15 is 0 Å². The van der Waals surface area contributed by atoms with Gasteiger partial charge in [0.2, 0.25) is 5.91 Å². The fourth-order valence-electron chi connectivity index (χ4n) is 7.29. The largest absolute Gasteiger partial charge is 0.390 e. The molecule has 5 fully saturated rings. The first-order chi connectivity index (χ1) is 12.6. The Balaban J connectivity index is 1.52. The zero-order chi connectivity index (χ0) is 17.6. The van der Waals surface area contributed by atoms with Gasteiger partial charge >= 0.3 is 0 Å². The Bertz CT molecular complexity index is 755. The van der Waals surface area contributed by atoms with Crippen LogP contribution in [0.5, 0.6) is 0 Å². The maximum Gasteiger partial charge on any atom is 0.233 e. The average Bonchev–Trinajstić information content (AvgIpc) is 3.33. The standard InChI is InChI=1S/C22H27NO3/c1-12-7-9-14(10-8-12)23-21(25)17-15-11-16-18(17)22(23,26-20(16)19(15)24)13-5-3-2-4-6-13/h7-10,13,15-20,24H,2-6,11H2,1H3. The summed E-state index contributed by atoms with van der Waals surface area (Å²) in [5.41, 5.74) is 1.67. The number of fused-ring (bicyclic) bond motifs is 2. The Morgan fingerprint density at radius 1 is 1.12 bits per heavy atom. The molecule has 1 N–H and O–H groups in total. The van der Waals surface area contributed by atoms with Crippen molar-refractivity contribution in [2.45, 2.75) is 63.4 Å². The number of benzene rings is 1. The lowest BCUT2D eigenvalue weighted by molar-refractivity contribution is -0.140. The van der Waals surface area contributed by atoms with Gasteiger partial charge in [0.1, 0.15) is 0 Å². The zero-order valence-corrected chi connectivity index (χ0v) is 15.3. The third kappa shape index (κ3) is 1.67. The number of aryl methyl sites for hydroxylation is 1. The molecule has 2 saturated heterocycles. The molecular weight excluding hydrogens is 326 g/mol. The smallest absolute Gasteiger partial charge is 0.233 e. The van der Waals surface area contributed by atoms with Crippen molar-refractivity contribution in [3.8, 4) is 0 Å². The van der Waals surface area contributed by atoms with E-state index in [0.29, 0.717) is 11.8 Å². The van der Waals surface area contributed by atoms with Crippen LogP contribution >= 0.6 is 0 Å². The van der Waals surface area contributed by atoms with E-state index in [0.717, 1.165) is 24.9 Å². The minimum absolute atomic E-state index is 0.0445. The fourth-order valence-corrected chi connectivity index (χ4v) is 7.29. The van der Waals surface area contributed by atoms with Gasteiger partial charge in [-0.2, -0.15) is 0 Å². The molecule has 1 aromatic carbocycles. The lowest BCUT2D eigenvalue weighted by atomic mass is 9.70. The molecular formula is C22H27NO3. The topological polar surface area (TPSA) is 49.8 Å². The highest BCUT2D eigenvalue weighted by Crippen LogP contribution is 2.70. The molecule has 3 saturated carbocycles. The molecule has 0 spiro atoms. The molecule has 1 amide bonds. The van der Waals surface area contributed by atoms with E-state index in [1.54, 1.807) is 0 Å². The van der Waals surface area contributed by atoms with Crippen LogP contribution in [0.3, 0.4) is 0 Å². The Hall–Kier alpha value is -1.39. The molecule has 2 aliphatic heterocycles. The Labute approximate surface area is 154 Å². The molecule has 5 aliphatic rings. The molecule has 2 heterocycles. The van der Waals surface area contributed by atoms with Crippen molar-refractivity contribution >= 4 is 11.6 Å². The van der Waals surface area contributed by atoms with Crippen LogP contribution in [0.15, 0.2) is 24.3 Å². The molecule has 2 bridgehead atoms. The summed E-state index contributed by atoms with van der Waals surface area (Å²) in [6.45, 7) is 2.08. The molecule has 26 heavy (non-hydrogen) atoms. The van der Waals surface area contributed by atoms with Crippen LogP contribution in [0.1, 0.15) is 44.1 Å². The van der Waals surface area contributed by atoms with E-state index in [9.17, 15) is 9.90 Å². The third-order valence-corrected chi connectivity index (χ3v) is 8.19. The van der Waals surface area contributed by atoms with Crippen LogP contribution in [0.4, 0.5) is 5.69 Å². The van der Waals surface area contributed by atoms with Crippen LogP contribution in [0.2, 0.25) is 0 Å². The molecule has 0 aromatic heterocycles. The van der Waals surface area contributed by atoms with Crippen LogP contribution in [0, 0.1) is 36.5 Å². The number of carbonyl (C=O) groups is 1. The van der Waals surface area contributed by atoms with Crippen molar-refractivity contribution in [2.75, 3.05) is 4.90 Å². The molecule has 4 nitrogen and oxygen atoms in total. The number of hydrogen-bond donors (Lipinski definition) is 1. The van der Waals surface area contributed by atoms with Crippen LogP contribution < -0.4 is 4.90 Å². The van der Waals surface area contributed by atoms with E-state index in [1.165, 1.54) is 24.8 Å². The highest BCUT2D eigenvalue weighted by atomic mass is 16.6. The van der Waals surface area contributed by atoms with Gasteiger partial charge in [-0.05, 0) is 50.2 Å². The number of rotatable bonds is 2. The minimum atomic E-state index is -0.515. The van der Waals surface area contributed by atoms with E-state index in [-0.39, 0.29) is 29.8 Å². The fraction of sp³-hybridized carbons (Fsp3) is 0.682. The zero-order valence-electron chi connectivity index (χ0n) is 15.3. The summed E-state index contributed by atoms with van der Waals surface area (Å²) in [5.74, 6) is 1.29. The first kappa shape index (κ1) is 15.6. The second-order valence-electron chi connectivity index (χ2n) is 9.28. The monoisotopic (exact) mass is 353 g/mol. The maximum atomic E-state index is 13.6. The van der Waals surface area contributed by atoms with Crippen molar-refractivity contribution in [1.82, 2.24) is 0 Å². The first-order valence-electron chi connectivity index (χ1n) is 10.4. The van der Waals surface area contributed by atoms with Crippen LogP contribution in [-0.2, 0) is 9.53 Å². The number of carbonyl (C=O) groups excluding carboxylic acids is 1. The summed E-state index contributed by atoms with van der Waals surface area (Å²) in [7, 11) is 0. The second kappa shape index (κ2) is 5.11. The summed E-state index contributed by atoms with van der Waals surface area (Å²) >= 11 is 0. The van der Waals surface area contributed by atoms with Gasteiger partial charge in [-0.15, -0.1) is 0 Å². The third-order valence-electron chi connectivity index (χ3n) is 8.19. The lowest BCUT2D eigenvalue weighted by Crippen LogP contribution is -2.56. The van der Waals surface area contributed by atoms with Gasteiger partial charge in [-0.1, -0.05) is 37.0 Å². The predicted molar refractivity (Wildman–Crippen MR) is 97.4 cm³/mol. The van der Waals surface area contributed by atoms with Gasteiger partial charge in [0.05, 0.1) is 18.1 Å². The molecule has 4 heteroatoms. The summed E-state index contributed by atoms with van der Waals surface area (Å²) in [6.07, 6.45) is 6.48. The van der Waals surface area contributed by atoms with E-state index in [4.69, 9.17) is 4.74 Å². The van der Waals surface area contributed by atoms with Crippen molar-refractivity contribution in [3.05, 3.63) is 29.8 Å². The molecule has 6 rings (SSSR count). The Morgan fingerprint density at radius 3 is 2.58 bits per heavy atom. The number of aliphatic hydroxyl groups is 1. The Kier molecular flexibility index (Phi) is 3.07. The van der Waals surface area contributed by atoms with Gasteiger partial charge in [-0.25, -0.2) is 0 Å². The van der Waals surface area contributed by atoms with Crippen LogP contribution in [0.25, 0.3) is 0 Å². The number of hydrogen-bond acceptors (Lipinski definition) is 3. The summed E-state index contributed by atoms with van der Waals surface area (Å²) in [5, 5.41) is 10.8. The highest BCUT2D eigenvalue weighted by Gasteiger charge is 2.79. The molecule has 0 radical (unpaired) electrons.